The van der Waals surface area contributed by atoms with Gasteiger partial charge in [-0.05, 0) is 18.7 Å². The van der Waals surface area contributed by atoms with Gasteiger partial charge in [0, 0.05) is 32.2 Å². The van der Waals surface area contributed by atoms with Crippen LogP contribution in [0.25, 0.3) is 0 Å². The van der Waals surface area contributed by atoms with E-state index < -0.39 is 0 Å². The predicted molar refractivity (Wildman–Crippen MR) is 95.4 cm³/mol. The molecule has 0 amide bonds. The van der Waals surface area contributed by atoms with E-state index in [-0.39, 0.29) is 0 Å². The van der Waals surface area contributed by atoms with Gasteiger partial charge >= 0.3 is 0 Å². The van der Waals surface area contributed by atoms with Crippen LogP contribution in [0.4, 0.5) is 17.2 Å². The van der Waals surface area contributed by atoms with Gasteiger partial charge in [0.25, 0.3) is 5.88 Å². The zero-order valence-corrected chi connectivity index (χ0v) is 14.6. The van der Waals surface area contributed by atoms with Gasteiger partial charge in [0.2, 0.25) is 0 Å². The number of hydrogen-bond acceptors (Lipinski definition) is 7. The largest absolute Gasteiger partial charge is 0.478 e. The number of anilines is 3. The fraction of sp³-hybridized carbons (Fsp3) is 0.438. The normalized spacial score (nSPS) is 15.4. The van der Waals surface area contributed by atoms with Crippen molar-refractivity contribution < 1.29 is 4.74 Å². The molecule has 3 rings (SSSR count). The van der Waals surface area contributed by atoms with Crippen LogP contribution in [-0.2, 0) is 0 Å². The van der Waals surface area contributed by atoms with Crippen molar-refractivity contribution >= 4 is 28.8 Å². The molecule has 8 heteroatoms. The minimum Gasteiger partial charge on any atom is -0.478 e. The highest BCUT2D eigenvalue weighted by atomic mass is 35.5. The lowest BCUT2D eigenvalue weighted by Crippen LogP contribution is -2.46. The minimum atomic E-state index is 0.295. The molecular formula is C16H21ClN6O. The number of methoxy groups -OCH3 is 1. The Hall–Kier alpha value is -2.12. The Labute approximate surface area is 146 Å². The van der Waals surface area contributed by atoms with Gasteiger partial charge in [-0.15, -0.1) is 10.2 Å². The van der Waals surface area contributed by atoms with Crippen LogP contribution >= 0.6 is 11.6 Å². The molecule has 1 N–H and O–H groups in total. The fourth-order valence-electron chi connectivity index (χ4n) is 2.70. The molecule has 0 atom stereocenters. The zero-order valence-electron chi connectivity index (χ0n) is 13.9. The Morgan fingerprint density at radius 1 is 1.21 bits per heavy atom. The number of nitrogens with one attached hydrogen (secondary N) is 1. The van der Waals surface area contributed by atoms with Crippen LogP contribution in [0.15, 0.2) is 24.4 Å². The smallest absolute Gasteiger partial charge is 0.257 e. The summed E-state index contributed by atoms with van der Waals surface area (Å²) in [6, 6.07) is 5.67. The molecule has 0 radical (unpaired) electrons. The van der Waals surface area contributed by atoms with E-state index >= 15 is 0 Å². The van der Waals surface area contributed by atoms with Crippen molar-refractivity contribution in [2.75, 3.05) is 50.1 Å². The number of rotatable bonds is 5. The highest BCUT2D eigenvalue weighted by molar-refractivity contribution is 6.29. The van der Waals surface area contributed by atoms with E-state index in [1.54, 1.807) is 6.07 Å². The van der Waals surface area contributed by atoms with Gasteiger partial charge in [0.05, 0.1) is 19.0 Å². The monoisotopic (exact) mass is 348 g/mol. The van der Waals surface area contributed by atoms with Crippen LogP contribution < -0.4 is 15.0 Å². The fourth-order valence-corrected chi connectivity index (χ4v) is 2.85. The van der Waals surface area contributed by atoms with E-state index in [1.165, 1.54) is 7.11 Å². The first kappa shape index (κ1) is 16.7. The summed E-state index contributed by atoms with van der Waals surface area (Å²) >= 11 is 5.89. The molecule has 0 saturated carbocycles. The van der Waals surface area contributed by atoms with Gasteiger partial charge in [0.1, 0.15) is 11.5 Å². The molecule has 1 fully saturated rings. The van der Waals surface area contributed by atoms with Crippen LogP contribution in [0.5, 0.6) is 5.88 Å². The maximum Gasteiger partial charge on any atom is 0.257 e. The lowest BCUT2D eigenvalue weighted by atomic mass is 10.2. The summed E-state index contributed by atoms with van der Waals surface area (Å²) in [6.45, 7) is 7.55. The summed E-state index contributed by atoms with van der Waals surface area (Å²) in [6.07, 6.45) is 1.88. The topological polar surface area (TPSA) is 66.4 Å². The molecule has 2 aromatic rings. The van der Waals surface area contributed by atoms with E-state index in [2.05, 4.69) is 43.3 Å². The van der Waals surface area contributed by atoms with E-state index in [0.717, 1.165) is 38.4 Å². The summed E-state index contributed by atoms with van der Waals surface area (Å²) < 4.78 is 5.18. The Morgan fingerprint density at radius 2 is 2.00 bits per heavy atom. The van der Waals surface area contributed by atoms with Crippen molar-refractivity contribution in [1.29, 1.82) is 0 Å². The first-order chi connectivity index (χ1) is 11.7. The molecule has 1 aliphatic rings. The molecule has 0 spiro atoms. The van der Waals surface area contributed by atoms with Crippen molar-refractivity contribution in [3.05, 3.63) is 29.5 Å². The highest BCUT2D eigenvalue weighted by Crippen LogP contribution is 2.26. The van der Waals surface area contributed by atoms with Crippen LogP contribution in [0.3, 0.4) is 0 Å². The Bertz CT molecular complexity index is 673. The third-order valence-corrected chi connectivity index (χ3v) is 4.30. The molecule has 2 aromatic heterocycles. The van der Waals surface area contributed by atoms with Crippen molar-refractivity contribution in [3.8, 4) is 5.88 Å². The van der Waals surface area contributed by atoms with E-state index in [4.69, 9.17) is 16.3 Å². The molecule has 0 unspecified atom stereocenters. The van der Waals surface area contributed by atoms with Gasteiger partial charge in [-0.1, -0.05) is 18.5 Å². The SMILES string of the molecule is CCN1CCN(c2ccc(Nc3cc(Cl)nnc3OC)nc2)CC1. The number of piperazine rings is 1. The number of halogens is 1. The number of nitrogens with zero attached hydrogens (tertiary/aromatic N) is 5. The standard InChI is InChI=1S/C16H21ClN6O/c1-3-22-6-8-23(9-7-22)12-4-5-15(18-11-12)19-13-10-14(17)20-21-16(13)24-2/h4-5,10-11H,3,6-9H2,1-2H3,(H,18,19,20). The third kappa shape index (κ3) is 3.85. The third-order valence-electron chi connectivity index (χ3n) is 4.12. The average Bonchev–Trinajstić information content (AvgIpc) is 2.63. The first-order valence-electron chi connectivity index (χ1n) is 7.97. The molecule has 24 heavy (non-hydrogen) atoms. The van der Waals surface area contributed by atoms with Gasteiger partial charge in [0.15, 0.2) is 5.15 Å². The van der Waals surface area contributed by atoms with E-state index in [0.29, 0.717) is 22.5 Å². The summed E-state index contributed by atoms with van der Waals surface area (Å²) in [7, 11) is 1.54. The molecule has 0 aliphatic carbocycles. The van der Waals surface area contributed by atoms with Gasteiger partial charge in [-0.25, -0.2) is 4.98 Å². The predicted octanol–water partition coefficient (Wildman–Crippen LogP) is 2.42. The highest BCUT2D eigenvalue weighted by Gasteiger charge is 2.16. The second kappa shape index (κ2) is 7.63. The summed E-state index contributed by atoms with van der Waals surface area (Å²) in [5, 5.41) is 11.1. The number of aromatic nitrogens is 3. The molecule has 1 aliphatic heterocycles. The first-order valence-corrected chi connectivity index (χ1v) is 8.35. The molecule has 3 heterocycles. The summed E-state index contributed by atoms with van der Waals surface area (Å²) in [5.74, 6) is 1.08. The van der Waals surface area contributed by atoms with Crippen molar-refractivity contribution in [3.63, 3.8) is 0 Å². The van der Waals surface area contributed by atoms with E-state index in [9.17, 15) is 0 Å². The molecule has 7 nitrogen and oxygen atoms in total. The van der Waals surface area contributed by atoms with E-state index in [1.807, 2.05) is 12.3 Å². The number of likely N-dealkylation sites (N-methyl/N-ethyl adjacent to an activating group) is 1. The van der Waals surface area contributed by atoms with Crippen LogP contribution in [-0.4, -0.2) is 59.9 Å². The number of hydrogen-bond donors (Lipinski definition) is 1. The Morgan fingerprint density at radius 3 is 2.62 bits per heavy atom. The van der Waals surface area contributed by atoms with Gasteiger partial charge in [-0.3, -0.25) is 0 Å². The maximum absolute atomic E-state index is 5.89. The summed E-state index contributed by atoms with van der Waals surface area (Å²) in [5.41, 5.74) is 1.77. The van der Waals surface area contributed by atoms with Crippen molar-refractivity contribution in [2.24, 2.45) is 0 Å². The maximum atomic E-state index is 5.89. The lowest BCUT2D eigenvalue weighted by Gasteiger charge is -2.35. The van der Waals surface area contributed by atoms with Crippen LogP contribution in [0.2, 0.25) is 5.15 Å². The Balaban J connectivity index is 1.68. The Kier molecular flexibility index (Phi) is 5.32. The van der Waals surface area contributed by atoms with Gasteiger partial charge in [-0.2, -0.15) is 0 Å². The van der Waals surface area contributed by atoms with Crippen LogP contribution in [0.1, 0.15) is 6.92 Å². The average molecular weight is 349 g/mol. The summed E-state index contributed by atoms with van der Waals surface area (Å²) in [4.78, 5) is 9.29. The molecule has 0 aromatic carbocycles. The number of ether oxygens (including phenoxy) is 1. The van der Waals surface area contributed by atoms with Crippen molar-refractivity contribution in [1.82, 2.24) is 20.1 Å². The second-order valence-corrected chi connectivity index (χ2v) is 5.93. The quantitative estimate of drug-likeness (QED) is 0.890. The zero-order chi connectivity index (χ0) is 16.9. The number of pyridine rings is 1. The molecule has 128 valence electrons. The molecular weight excluding hydrogens is 328 g/mol. The molecule has 0 bridgehead atoms. The van der Waals surface area contributed by atoms with Crippen LogP contribution in [0, 0.1) is 0 Å². The molecule has 1 saturated heterocycles. The van der Waals surface area contributed by atoms with Crippen molar-refractivity contribution in [2.45, 2.75) is 6.92 Å². The second-order valence-electron chi connectivity index (χ2n) is 5.54. The minimum absolute atomic E-state index is 0.295. The van der Waals surface area contributed by atoms with Gasteiger partial charge < -0.3 is 19.9 Å². The lowest BCUT2D eigenvalue weighted by molar-refractivity contribution is 0.271.